The van der Waals surface area contributed by atoms with Crippen molar-refractivity contribution in [3.63, 3.8) is 0 Å². The summed E-state index contributed by atoms with van der Waals surface area (Å²) in [5, 5.41) is 16.3. The maximum Gasteiger partial charge on any atom is 0.0859 e. The molecule has 0 aliphatic carbocycles. The van der Waals surface area contributed by atoms with E-state index in [1.165, 1.54) is 0 Å². The maximum atomic E-state index is 10.1. The van der Waals surface area contributed by atoms with Gasteiger partial charge < -0.3 is 15.7 Å². The van der Waals surface area contributed by atoms with Crippen LogP contribution in [0.3, 0.4) is 0 Å². The fourth-order valence-electron chi connectivity index (χ4n) is 1.25. The van der Waals surface area contributed by atoms with Crippen molar-refractivity contribution in [3.8, 4) is 0 Å². The van der Waals surface area contributed by atoms with Crippen molar-refractivity contribution in [2.45, 2.75) is 32.4 Å². The van der Waals surface area contributed by atoms with Crippen molar-refractivity contribution in [2.24, 2.45) is 5.92 Å². The van der Waals surface area contributed by atoms with E-state index in [2.05, 4.69) is 10.6 Å². The van der Waals surface area contributed by atoms with E-state index in [-0.39, 0.29) is 12.0 Å². The Kier molecular flexibility index (Phi) is 2.62. The standard InChI is InChI=1S/C9H18N2O/c1-7(2)9(3,12)8-6-10-4-5-11-8/h4-5,7-8,10-12H,6H2,1-3H3. The molecule has 0 bridgehead atoms. The minimum atomic E-state index is -0.655. The van der Waals surface area contributed by atoms with Crippen LogP contribution >= 0.6 is 0 Å². The summed E-state index contributed by atoms with van der Waals surface area (Å²) < 4.78 is 0. The van der Waals surface area contributed by atoms with Crippen LogP contribution in [0.15, 0.2) is 12.4 Å². The highest BCUT2D eigenvalue weighted by Crippen LogP contribution is 2.20. The Morgan fingerprint density at radius 2 is 2.17 bits per heavy atom. The van der Waals surface area contributed by atoms with Crippen molar-refractivity contribution < 1.29 is 5.11 Å². The second kappa shape index (κ2) is 3.35. The molecule has 0 aromatic carbocycles. The normalized spacial score (nSPS) is 27.6. The molecule has 1 aliphatic heterocycles. The monoisotopic (exact) mass is 170 g/mol. The molecule has 3 nitrogen and oxygen atoms in total. The number of nitrogens with one attached hydrogen (secondary N) is 2. The first-order chi connectivity index (χ1) is 5.55. The Balaban J connectivity index is 2.61. The third-order valence-electron chi connectivity index (χ3n) is 2.69. The third kappa shape index (κ3) is 1.72. The number of hydrogen-bond acceptors (Lipinski definition) is 3. The van der Waals surface area contributed by atoms with Gasteiger partial charge in [-0.2, -0.15) is 0 Å². The summed E-state index contributed by atoms with van der Waals surface area (Å²) in [7, 11) is 0. The molecule has 1 heterocycles. The Hall–Kier alpha value is -0.700. The second-order valence-corrected chi connectivity index (χ2v) is 3.84. The maximum absolute atomic E-state index is 10.1. The van der Waals surface area contributed by atoms with E-state index in [1.807, 2.05) is 33.2 Å². The molecule has 2 unspecified atom stereocenters. The van der Waals surface area contributed by atoms with E-state index in [1.54, 1.807) is 0 Å². The summed E-state index contributed by atoms with van der Waals surface area (Å²) in [6, 6.07) is 0.0995. The van der Waals surface area contributed by atoms with Gasteiger partial charge in [0.1, 0.15) is 0 Å². The fraction of sp³-hybridized carbons (Fsp3) is 0.778. The Morgan fingerprint density at radius 1 is 1.50 bits per heavy atom. The average Bonchev–Trinajstić information content (AvgIpc) is 2.06. The van der Waals surface area contributed by atoms with Gasteiger partial charge in [-0.05, 0) is 12.8 Å². The van der Waals surface area contributed by atoms with Crippen LogP contribution in [0.1, 0.15) is 20.8 Å². The molecule has 0 aromatic heterocycles. The van der Waals surface area contributed by atoms with Gasteiger partial charge >= 0.3 is 0 Å². The predicted octanol–water partition coefficient (Wildman–Crippen LogP) is 0.426. The van der Waals surface area contributed by atoms with Gasteiger partial charge in [-0.15, -0.1) is 0 Å². The first-order valence-corrected chi connectivity index (χ1v) is 4.42. The Morgan fingerprint density at radius 3 is 2.58 bits per heavy atom. The molecule has 3 N–H and O–H groups in total. The van der Waals surface area contributed by atoms with Crippen LogP contribution in [0.2, 0.25) is 0 Å². The molecule has 1 aliphatic rings. The smallest absolute Gasteiger partial charge is 0.0859 e. The van der Waals surface area contributed by atoms with E-state index in [9.17, 15) is 5.11 Å². The van der Waals surface area contributed by atoms with Crippen LogP contribution in [-0.2, 0) is 0 Å². The van der Waals surface area contributed by atoms with Crippen LogP contribution in [0.5, 0.6) is 0 Å². The van der Waals surface area contributed by atoms with E-state index >= 15 is 0 Å². The summed E-state index contributed by atoms with van der Waals surface area (Å²) >= 11 is 0. The van der Waals surface area contributed by atoms with Gasteiger partial charge in [-0.3, -0.25) is 0 Å². The molecule has 0 saturated carbocycles. The molecule has 0 spiro atoms. The van der Waals surface area contributed by atoms with Crippen molar-refractivity contribution in [1.82, 2.24) is 10.6 Å². The molecule has 0 aromatic rings. The molecule has 2 atom stereocenters. The fourth-order valence-corrected chi connectivity index (χ4v) is 1.25. The third-order valence-corrected chi connectivity index (χ3v) is 2.69. The van der Waals surface area contributed by atoms with Crippen molar-refractivity contribution in [2.75, 3.05) is 6.54 Å². The SMILES string of the molecule is CC(C)C(C)(O)C1CNC=CN1. The molecule has 1 rings (SSSR count). The first kappa shape index (κ1) is 9.39. The Bertz CT molecular complexity index is 175. The lowest BCUT2D eigenvalue weighted by Crippen LogP contribution is -2.56. The van der Waals surface area contributed by atoms with E-state index < -0.39 is 5.60 Å². The minimum absolute atomic E-state index is 0.0995. The van der Waals surface area contributed by atoms with Crippen LogP contribution in [0, 0.1) is 5.92 Å². The highest BCUT2D eigenvalue weighted by molar-refractivity contribution is 4.99. The van der Waals surface area contributed by atoms with Gasteiger partial charge in [0.05, 0.1) is 11.6 Å². The number of hydrogen-bond donors (Lipinski definition) is 3. The molecule has 0 radical (unpaired) electrons. The quantitative estimate of drug-likeness (QED) is 0.563. The van der Waals surface area contributed by atoms with Crippen LogP contribution in [0.25, 0.3) is 0 Å². The van der Waals surface area contributed by atoms with Crippen molar-refractivity contribution in [3.05, 3.63) is 12.4 Å². The summed E-state index contributed by atoms with van der Waals surface area (Å²) in [6.45, 7) is 6.71. The average molecular weight is 170 g/mol. The predicted molar refractivity (Wildman–Crippen MR) is 49.5 cm³/mol. The summed E-state index contributed by atoms with van der Waals surface area (Å²) in [6.07, 6.45) is 3.69. The molecular weight excluding hydrogens is 152 g/mol. The zero-order chi connectivity index (χ0) is 9.19. The van der Waals surface area contributed by atoms with Gasteiger partial charge in [0.2, 0.25) is 0 Å². The molecule has 70 valence electrons. The highest BCUT2D eigenvalue weighted by atomic mass is 16.3. The van der Waals surface area contributed by atoms with Gasteiger partial charge in [-0.25, -0.2) is 0 Å². The largest absolute Gasteiger partial charge is 0.388 e. The van der Waals surface area contributed by atoms with Crippen molar-refractivity contribution in [1.29, 1.82) is 0 Å². The van der Waals surface area contributed by atoms with Gasteiger partial charge in [0.25, 0.3) is 0 Å². The summed E-state index contributed by atoms with van der Waals surface area (Å²) in [4.78, 5) is 0. The van der Waals surface area contributed by atoms with Crippen LogP contribution < -0.4 is 10.6 Å². The van der Waals surface area contributed by atoms with Gasteiger partial charge in [0.15, 0.2) is 0 Å². The zero-order valence-corrected chi connectivity index (χ0v) is 7.96. The zero-order valence-electron chi connectivity index (χ0n) is 7.96. The Labute approximate surface area is 73.9 Å². The highest BCUT2D eigenvalue weighted by Gasteiger charge is 2.34. The molecule has 3 heteroatoms. The van der Waals surface area contributed by atoms with Gasteiger partial charge in [0, 0.05) is 18.9 Å². The van der Waals surface area contributed by atoms with E-state index in [0.29, 0.717) is 0 Å². The van der Waals surface area contributed by atoms with E-state index in [4.69, 9.17) is 0 Å². The second-order valence-electron chi connectivity index (χ2n) is 3.84. The molecule has 0 amide bonds. The topological polar surface area (TPSA) is 44.3 Å². The minimum Gasteiger partial charge on any atom is -0.388 e. The van der Waals surface area contributed by atoms with Crippen molar-refractivity contribution >= 4 is 0 Å². The lowest BCUT2D eigenvalue weighted by atomic mass is 9.84. The first-order valence-electron chi connectivity index (χ1n) is 4.42. The van der Waals surface area contributed by atoms with Crippen LogP contribution in [-0.4, -0.2) is 23.3 Å². The van der Waals surface area contributed by atoms with E-state index in [0.717, 1.165) is 6.54 Å². The molecule has 12 heavy (non-hydrogen) atoms. The molecular formula is C9H18N2O. The summed E-state index contributed by atoms with van der Waals surface area (Å²) in [5.74, 6) is 0.253. The van der Waals surface area contributed by atoms with Gasteiger partial charge in [-0.1, -0.05) is 13.8 Å². The lowest BCUT2D eigenvalue weighted by molar-refractivity contribution is -0.0188. The number of aliphatic hydroxyl groups is 1. The van der Waals surface area contributed by atoms with Crippen LogP contribution in [0.4, 0.5) is 0 Å². The molecule has 0 fully saturated rings. The lowest BCUT2D eigenvalue weighted by Gasteiger charge is -2.38. The summed E-state index contributed by atoms with van der Waals surface area (Å²) in [5.41, 5.74) is -0.655. The molecule has 0 saturated heterocycles. The number of rotatable bonds is 2.